The Bertz CT molecular complexity index is 284. The maximum absolute atomic E-state index is 11.9. The number of likely N-dealkylation sites (tertiary alicyclic amines) is 1. The van der Waals surface area contributed by atoms with Crippen molar-refractivity contribution in [1.82, 2.24) is 10.2 Å². The fraction of sp³-hybridized carbons (Fsp3) is 0.929. The molecule has 1 aliphatic carbocycles. The van der Waals surface area contributed by atoms with E-state index in [1.54, 1.807) is 0 Å². The third-order valence-electron chi connectivity index (χ3n) is 4.53. The lowest BCUT2D eigenvalue weighted by Crippen LogP contribution is -2.34. The number of hydrogen-bond acceptors (Lipinski definition) is 3. The standard InChI is InChI=1S/C14H27N3O.2ClH/c1-17-8-5-11(6-9-17)4-7-16-14(18)12-2-3-13(15)10-12;;/h11-13H,2-10,15H2,1H3,(H,16,18);2*1H. The summed E-state index contributed by atoms with van der Waals surface area (Å²) in [4.78, 5) is 14.3. The van der Waals surface area contributed by atoms with Gasteiger partial charge in [0.2, 0.25) is 5.91 Å². The molecule has 20 heavy (non-hydrogen) atoms. The smallest absolute Gasteiger partial charge is 0.223 e. The minimum absolute atomic E-state index is 0. The topological polar surface area (TPSA) is 58.4 Å². The summed E-state index contributed by atoms with van der Waals surface area (Å²) >= 11 is 0. The lowest BCUT2D eigenvalue weighted by molar-refractivity contribution is -0.124. The highest BCUT2D eigenvalue weighted by molar-refractivity contribution is 5.85. The number of nitrogens with zero attached hydrogens (tertiary/aromatic N) is 1. The summed E-state index contributed by atoms with van der Waals surface area (Å²) in [6, 6.07) is 0.245. The zero-order chi connectivity index (χ0) is 13.0. The van der Waals surface area contributed by atoms with Crippen LogP contribution in [0.5, 0.6) is 0 Å². The SMILES string of the molecule is CN1CCC(CCNC(=O)C2CCC(N)C2)CC1.Cl.Cl. The van der Waals surface area contributed by atoms with E-state index >= 15 is 0 Å². The second-order valence-corrected chi connectivity index (χ2v) is 6.10. The Hall–Kier alpha value is -0.0300. The monoisotopic (exact) mass is 325 g/mol. The molecule has 1 amide bonds. The number of piperidine rings is 1. The van der Waals surface area contributed by atoms with Crippen molar-refractivity contribution in [3.05, 3.63) is 0 Å². The van der Waals surface area contributed by atoms with Crippen LogP contribution < -0.4 is 11.1 Å². The Morgan fingerprint density at radius 2 is 1.85 bits per heavy atom. The molecule has 3 N–H and O–H groups in total. The molecule has 6 heteroatoms. The van der Waals surface area contributed by atoms with Crippen LogP contribution in [0.15, 0.2) is 0 Å². The molecule has 4 nitrogen and oxygen atoms in total. The number of amides is 1. The average molecular weight is 326 g/mol. The maximum atomic E-state index is 11.9. The van der Waals surface area contributed by atoms with Crippen molar-refractivity contribution in [2.45, 2.75) is 44.6 Å². The van der Waals surface area contributed by atoms with Crippen molar-refractivity contribution in [3.8, 4) is 0 Å². The predicted octanol–water partition coefficient (Wildman–Crippen LogP) is 1.81. The van der Waals surface area contributed by atoms with Crippen LogP contribution >= 0.6 is 24.8 Å². The molecule has 0 aromatic heterocycles. The van der Waals surface area contributed by atoms with E-state index in [4.69, 9.17) is 5.73 Å². The highest BCUT2D eigenvalue weighted by atomic mass is 35.5. The van der Waals surface area contributed by atoms with E-state index in [9.17, 15) is 4.79 Å². The molecule has 1 saturated heterocycles. The molecule has 2 atom stereocenters. The number of halogens is 2. The first kappa shape index (κ1) is 20.0. The lowest BCUT2D eigenvalue weighted by atomic mass is 9.94. The second kappa shape index (κ2) is 9.82. The van der Waals surface area contributed by atoms with Crippen LogP contribution in [0, 0.1) is 11.8 Å². The maximum Gasteiger partial charge on any atom is 0.223 e. The molecule has 1 saturated carbocycles. The van der Waals surface area contributed by atoms with Gasteiger partial charge < -0.3 is 16.0 Å². The number of hydrogen-bond donors (Lipinski definition) is 2. The van der Waals surface area contributed by atoms with Gasteiger partial charge in [0.15, 0.2) is 0 Å². The number of nitrogens with two attached hydrogens (primary N) is 1. The fourth-order valence-electron chi connectivity index (χ4n) is 3.15. The van der Waals surface area contributed by atoms with Gasteiger partial charge in [-0.2, -0.15) is 0 Å². The predicted molar refractivity (Wildman–Crippen MR) is 87.7 cm³/mol. The van der Waals surface area contributed by atoms with E-state index in [0.717, 1.165) is 38.1 Å². The van der Waals surface area contributed by atoms with Gasteiger partial charge in [-0.25, -0.2) is 0 Å². The minimum Gasteiger partial charge on any atom is -0.356 e. The van der Waals surface area contributed by atoms with Crippen LogP contribution in [-0.2, 0) is 4.79 Å². The highest BCUT2D eigenvalue weighted by Crippen LogP contribution is 2.24. The summed E-state index contributed by atoms with van der Waals surface area (Å²) in [6.07, 6.45) is 6.55. The van der Waals surface area contributed by atoms with Gasteiger partial charge in [-0.1, -0.05) is 0 Å². The molecule has 1 heterocycles. The quantitative estimate of drug-likeness (QED) is 0.828. The molecule has 0 radical (unpaired) electrons. The van der Waals surface area contributed by atoms with Crippen molar-refractivity contribution in [2.75, 3.05) is 26.7 Å². The summed E-state index contributed by atoms with van der Waals surface area (Å²) in [6.45, 7) is 3.26. The fourth-order valence-corrected chi connectivity index (χ4v) is 3.15. The number of carbonyl (C=O) groups excluding carboxylic acids is 1. The molecule has 1 aliphatic heterocycles. The summed E-state index contributed by atoms with van der Waals surface area (Å²) in [5.41, 5.74) is 5.84. The number of carbonyl (C=O) groups is 1. The van der Waals surface area contributed by atoms with Crippen LogP contribution in [0.3, 0.4) is 0 Å². The minimum atomic E-state index is 0. The first-order valence-corrected chi connectivity index (χ1v) is 7.37. The molecule has 0 aromatic carbocycles. The molecule has 2 rings (SSSR count). The van der Waals surface area contributed by atoms with Gasteiger partial charge in [-0.3, -0.25) is 4.79 Å². The van der Waals surface area contributed by atoms with Gasteiger partial charge in [0.1, 0.15) is 0 Å². The van der Waals surface area contributed by atoms with Crippen molar-refractivity contribution >= 4 is 30.7 Å². The molecular formula is C14H29Cl2N3O. The van der Waals surface area contributed by atoms with Gasteiger partial charge in [-0.05, 0) is 64.6 Å². The van der Waals surface area contributed by atoms with E-state index < -0.39 is 0 Å². The Labute approximate surface area is 135 Å². The van der Waals surface area contributed by atoms with Crippen LogP contribution in [0.1, 0.15) is 38.5 Å². The molecule has 0 aromatic rings. The van der Waals surface area contributed by atoms with Crippen molar-refractivity contribution < 1.29 is 4.79 Å². The third kappa shape index (κ3) is 6.17. The molecule has 0 spiro atoms. The number of nitrogens with one attached hydrogen (secondary N) is 1. The normalized spacial score (nSPS) is 27.5. The third-order valence-corrected chi connectivity index (χ3v) is 4.53. The highest BCUT2D eigenvalue weighted by Gasteiger charge is 2.27. The summed E-state index contributed by atoms with van der Waals surface area (Å²) in [5, 5.41) is 3.10. The summed E-state index contributed by atoms with van der Waals surface area (Å²) in [7, 11) is 2.18. The molecular weight excluding hydrogens is 297 g/mol. The molecule has 2 unspecified atom stereocenters. The Kier molecular flexibility index (Phi) is 9.81. The molecule has 120 valence electrons. The van der Waals surface area contributed by atoms with Gasteiger partial charge >= 0.3 is 0 Å². The van der Waals surface area contributed by atoms with Gasteiger partial charge in [-0.15, -0.1) is 24.8 Å². The van der Waals surface area contributed by atoms with Crippen LogP contribution in [-0.4, -0.2) is 43.5 Å². The second-order valence-electron chi connectivity index (χ2n) is 6.10. The Morgan fingerprint density at radius 3 is 2.40 bits per heavy atom. The summed E-state index contributed by atoms with van der Waals surface area (Å²) in [5.74, 6) is 1.21. The van der Waals surface area contributed by atoms with Crippen molar-refractivity contribution in [2.24, 2.45) is 17.6 Å². The first-order chi connectivity index (χ1) is 8.65. The largest absolute Gasteiger partial charge is 0.356 e. The zero-order valence-electron chi connectivity index (χ0n) is 12.3. The molecule has 2 fully saturated rings. The van der Waals surface area contributed by atoms with E-state index in [2.05, 4.69) is 17.3 Å². The van der Waals surface area contributed by atoms with Crippen LogP contribution in [0.2, 0.25) is 0 Å². The zero-order valence-corrected chi connectivity index (χ0v) is 14.0. The van der Waals surface area contributed by atoms with E-state index in [-0.39, 0.29) is 42.7 Å². The first-order valence-electron chi connectivity index (χ1n) is 7.37. The van der Waals surface area contributed by atoms with E-state index in [1.807, 2.05) is 0 Å². The lowest BCUT2D eigenvalue weighted by Gasteiger charge is -2.29. The number of rotatable bonds is 4. The van der Waals surface area contributed by atoms with Gasteiger partial charge in [0, 0.05) is 18.5 Å². The summed E-state index contributed by atoms with van der Waals surface area (Å²) < 4.78 is 0. The van der Waals surface area contributed by atoms with Crippen LogP contribution in [0.25, 0.3) is 0 Å². The Balaban J connectivity index is 0.00000180. The van der Waals surface area contributed by atoms with Crippen molar-refractivity contribution in [3.63, 3.8) is 0 Å². The Morgan fingerprint density at radius 1 is 1.20 bits per heavy atom. The van der Waals surface area contributed by atoms with Crippen molar-refractivity contribution in [1.29, 1.82) is 0 Å². The van der Waals surface area contributed by atoms with Gasteiger partial charge in [0.25, 0.3) is 0 Å². The molecule has 0 bridgehead atoms. The van der Waals surface area contributed by atoms with E-state index in [0.29, 0.717) is 0 Å². The van der Waals surface area contributed by atoms with E-state index in [1.165, 1.54) is 25.9 Å². The average Bonchev–Trinajstić information content (AvgIpc) is 2.78. The van der Waals surface area contributed by atoms with Gasteiger partial charge in [0.05, 0.1) is 0 Å². The van der Waals surface area contributed by atoms with Crippen LogP contribution in [0.4, 0.5) is 0 Å². The molecule has 2 aliphatic rings.